The van der Waals surface area contributed by atoms with Gasteiger partial charge in [0.15, 0.2) is 0 Å². The third-order valence-corrected chi connectivity index (χ3v) is 6.38. The molecule has 0 aliphatic heterocycles. The molecule has 8 nitrogen and oxygen atoms in total. The molecule has 1 aromatic carbocycles. The van der Waals surface area contributed by atoms with E-state index >= 15 is 0 Å². The van der Waals surface area contributed by atoms with E-state index in [0.29, 0.717) is 16.5 Å². The molecule has 10 heteroatoms. The average Bonchev–Trinajstić information content (AvgIpc) is 3.36. The summed E-state index contributed by atoms with van der Waals surface area (Å²) in [5, 5.41) is 9.31. The number of thiophene rings is 1. The molecule has 2 atom stereocenters. The third kappa shape index (κ3) is 5.48. The van der Waals surface area contributed by atoms with E-state index in [-0.39, 0.29) is 24.4 Å². The van der Waals surface area contributed by atoms with Crippen molar-refractivity contribution in [1.29, 1.82) is 0 Å². The van der Waals surface area contributed by atoms with Crippen LogP contribution >= 0.6 is 22.9 Å². The summed E-state index contributed by atoms with van der Waals surface area (Å²) in [6.45, 7) is 5.01. The van der Waals surface area contributed by atoms with Crippen molar-refractivity contribution in [3.8, 4) is 0 Å². The lowest BCUT2D eigenvalue weighted by atomic mass is 10.1. The molecule has 2 aromatic heterocycles. The first-order valence-corrected chi connectivity index (χ1v) is 11.7. The largest absolute Gasteiger partial charge is 0.444 e. The Morgan fingerprint density at radius 1 is 1.18 bits per heavy atom. The number of fused-ring (bicyclic) bond motifs is 2. The first-order valence-electron chi connectivity index (χ1n) is 10.5. The maximum absolute atomic E-state index is 12.9. The minimum atomic E-state index is -0.666. The molecule has 0 unspecified atom stereocenters. The smallest absolute Gasteiger partial charge is 0.408 e. The van der Waals surface area contributed by atoms with Crippen LogP contribution in [0.5, 0.6) is 0 Å². The van der Waals surface area contributed by atoms with E-state index in [1.165, 1.54) is 11.3 Å². The molecule has 33 heavy (non-hydrogen) atoms. The van der Waals surface area contributed by atoms with Gasteiger partial charge in [-0.2, -0.15) is 0 Å². The minimum absolute atomic E-state index is 0.234. The predicted octanol–water partition coefficient (Wildman–Crippen LogP) is 3.92. The van der Waals surface area contributed by atoms with Gasteiger partial charge in [-0.15, -0.1) is 11.3 Å². The standard InChI is InChI=1S/C23H25ClN4O4S/c1-23(2,3)32-22(31)25-11-18(29)28-19-14-7-5-4-6-12(14)8-15(19)26-20(30)16-9-13-10-17(24)33-21(13)27-16/h4-7,9-10,15,19,27H,8,11H2,1-3H3,(H,25,31)(H,26,30)(H,28,29)/t15-,19-/m1/s1. The van der Waals surface area contributed by atoms with Crippen molar-refractivity contribution >= 4 is 51.1 Å². The number of carbonyl (C=O) groups is 3. The topological polar surface area (TPSA) is 112 Å². The van der Waals surface area contributed by atoms with E-state index in [9.17, 15) is 14.4 Å². The monoisotopic (exact) mass is 488 g/mol. The fourth-order valence-electron chi connectivity index (χ4n) is 3.86. The van der Waals surface area contributed by atoms with Gasteiger partial charge in [-0.1, -0.05) is 35.9 Å². The molecule has 1 aliphatic carbocycles. The number of hydrogen-bond acceptors (Lipinski definition) is 5. The summed E-state index contributed by atoms with van der Waals surface area (Å²) in [7, 11) is 0. The van der Waals surface area contributed by atoms with Gasteiger partial charge in [0.25, 0.3) is 5.91 Å². The van der Waals surface area contributed by atoms with Crippen LogP contribution in [0, 0.1) is 0 Å². The number of hydrogen-bond donors (Lipinski definition) is 4. The molecule has 3 aromatic rings. The van der Waals surface area contributed by atoms with Crippen LogP contribution in [0.25, 0.3) is 10.2 Å². The molecular formula is C23H25ClN4O4S. The van der Waals surface area contributed by atoms with Crippen LogP contribution in [0.4, 0.5) is 4.79 Å². The second-order valence-electron chi connectivity index (χ2n) is 8.90. The normalized spacial score (nSPS) is 17.5. The van der Waals surface area contributed by atoms with Gasteiger partial charge in [0, 0.05) is 5.39 Å². The van der Waals surface area contributed by atoms with Crippen LogP contribution in [0.15, 0.2) is 36.4 Å². The lowest BCUT2D eigenvalue weighted by Gasteiger charge is -2.23. The highest BCUT2D eigenvalue weighted by molar-refractivity contribution is 7.22. The number of alkyl carbamates (subject to hydrolysis) is 1. The number of benzene rings is 1. The summed E-state index contributed by atoms with van der Waals surface area (Å²) in [5.74, 6) is -0.643. The Kier molecular flexibility index (Phi) is 6.36. The first-order chi connectivity index (χ1) is 15.6. The quantitative estimate of drug-likeness (QED) is 0.436. The Labute approximate surface area is 200 Å². The molecule has 0 fully saturated rings. The molecule has 0 saturated heterocycles. The fraction of sp³-hybridized carbons (Fsp3) is 0.348. The molecule has 2 heterocycles. The van der Waals surface area contributed by atoms with Gasteiger partial charge >= 0.3 is 6.09 Å². The number of aromatic amines is 1. The highest BCUT2D eigenvalue weighted by atomic mass is 35.5. The Morgan fingerprint density at radius 3 is 2.67 bits per heavy atom. The van der Waals surface area contributed by atoms with Crippen molar-refractivity contribution in [2.45, 2.75) is 44.9 Å². The summed E-state index contributed by atoms with van der Waals surface area (Å²) in [4.78, 5) is 41.3. The Bertz CT molecular complexity index is 1180. The molecule has 3 amide bonds. The van der Waals surface area contributed by atoms with Crippen LogP contribution in [0.2, 0.25) is 4.34 Å². The molecule has 0 radical (unpaired) electrons. The lowest BCUT2D eigenvalue weighted by Crippen LogP contribution is -2.47. The number of aromatic nitrogens is 1. The van der Waals surface area contributed by atoms with Gasteiger partial charge in [0.1, 0.15) is 22.7 Å². The summed E-state index contributed by atoms with van der Waals surface area (Å²) in [5.41, 5.74) is 1.76. The van der Waals surface area contributed by atoms with E-state index in [2.05, 4.69) is 20.9 Å². The van der Waals surface area contributed by atoms with E-state index in [1.54, 1.807) is 32.9 Å². The average molecular weight is 489 g/mol. The van der Waals surface area contributed by atoms with Gasteiger partial charge < -0.3 is 25.7 Å². The Balaban J connectivity index is 1.43. The number of amides is 3. The van der Waals surface area contributed by atoms with Gasteiger partial charge in [0.2, 0.25) is 5.91 Å². The van der Waals surface area contributed by atoms with Crippen molar-refractivity contribution in [3.05, 3.63) is 57.6 Å². The van der Waals surface area contributed by atoms with E-state index in [1.807, 2.05) is 24.3 Å². The zero-order valence-corrected chi connectivity index (χ0v) is 20.0. The third-order valence-electron chi connectivity index (χ3n) is 5.18. The highest BCUT2D eigenvalue weighted by Crippen LogP contribution is 2.32. The number of H-pyrrole nitrogens is 1. The lowest BCUT2D eigenvalue weighted by molar-refractivity contribution is -0.121. The summed E-state index contributed by atoms with van der Waals surface area (Å²) in [6, 6.07) is 10.5. The van der Waals surface area contributed by atoms with Crippen molar-refractivity contribution < 1.29 is 19.1 Å². The van der Waals surface area contributed by atoms with Crippen molar-refractivity contribution in [2.75, 3.05) is 6.54 Å². The Hall–Kier alpha value is -3.04. The minimum Gasteiger partial charge on any atom is -0.444 e. The second kappa shape index (κ2) is 9.07. The van der Waals surface area contributed by atoms with E-state index in [4.69, 9.17) is 16.3 Å². The number of nitrogens with one attached hydrogen (secondary N) is 4. The van der Waals surface area contributed by atoms with Crippen LogP contribution in [0.3, 0.4) is 0 Å². The predicted molar refractivity (Wildman–Crippen MR) is 128 cm³/mol. The van der Waals surface area contributed by atoms with Crippen molar-refractivity contribution in [3.63, 3.8) is 0 Å². The van der Waals surface area contributed by atoms with Crippen molar-refractivity contribution in [2.24, 2.45) is 0 Å². The van der Waals surface area contributed by atoms with Gasteiger partial charge in [-0.3, -0.25) is 9.59 Å². The summed E-state index contributed by atoms with van der Waals surface area (Å²) < 4.78 is 5.81. The summed E-state index contributed by atoms with van der Waals surface area (Å²) in [6.07, 6.45) is -0.0890. The molecule has 0 bridgehead atoms. The Morgan fingerprint density at radius 2 is 1.94 bits per heavy atom. The zero-order valence-electron chi connectivity index (χ0n) is 18.5. The SMILES string of the molecule is CC(C)(C)OC(=O)NCC(=O)N[C@@H]1c2ccccc2C[C@H]1NC(=O)c1cc2cc(Cl)sc2[nH]1. The number of halogens is 1. The number of ether oxygens (including phenoxy) is 1. The van der Waals surface area contributed by atoms with Crippen LogP contribution < -0.4 is 16.0 Å². The molecule has 1 aliphatic rings. The molecule has 4 rings (SSSR count). The van der Waals surface area contributed by atoms with Gasteiger partial charge in [-0.05, 0) is 50.5 Å². The second-order valence-corrected chi connectivity index (χ2v) is 10.6. The molecule has 0 saturated carbocycles. The maximum atomic E-state index is 12.9. The van der Waals surface area contributed by atoms with Crippen LogP contribution in [0.1, 0.15) is 48.4 Å². The van der Waals surface area contributed by atoms with E-state index in [0.717, 1.165) is 21.3 Å². The van der Waals surface area contributed by atoms with Gasteiger partial charge in [0.05, 0.1) is 16.4 Å². The first kappa shape index (κ1) is 23.1. The van der Waals surface area contributed by atoms with Crippen LogP contribution in [-0.2, 0) is 16.0 Å². The van der Waals surface area contributed by atoms with Crippen molar-refractivity contribution in [1.82, 2.24) is 20.9 Å². The molecule has 174 valence electrons. The van der Waals surface area contributed by atoms with Gasteiger partial charge in [-0.25, -0.2) is 4.79 Å². The molecule has 0 spiro atoms. The van der Waals surface area contributed by atoms with Crippen LogP contribution in [-0.4, -0.2) is 41.1 Å². The zero-order chi connectivity index (χ0) is 23.8. The number of rotatable bonds is 5. The molecule has 4 N–H and O–H groups in total. The molecular weight excluding hydrogens is 464 g/mol. The van der Waals surface area contributed by atoms with E-state index < -0.39 is 17.7 Å². The number of carbonyl (C=O) groups excluding carboxylic acids is 3. The maximum Gasteiger partial charge on any atom is 0.408 e. The summed E-state index contributed by atoms with van der Waals surface area (Å²) >= 11 is 7.38. The highest BCUT2D eigenvalue weighted by Gasteiger charge is 2.35. The fourth-order valence-corrected chi connectivity index (χ4v) is 4.99.